The number of hydrogen-bond acceptors (Lipinski definition) is 12. The molecule has 0 spiro atoms. The van der Waals surface area contributed by atoms with E-state index in [1.165, 1.54) is 48.5 Å². The molecule has 0 saturated heterocycles. The second-order valence-electron chi connectivity index (χ2n) is 18.4. The maximum absolute atomic E-state index is 12.6. The minimum atomic E-state index is -0.906. The van der Waals surface area contributed by atoms with Gasteiger partial charge in [0.25, 0.3) is 0 Å². The van der Waals surface area contributed by atoms with Crippen LogP contribution in [0.25, 0.3) is 0 Å². The van der Waals surface area contributed by atoms with Crippen molar-refractivity contribution >= 4 is 0 Å². The molecule has 338 valence electrons. The summed E-state index contributed by atoms with van der Waals surface area (Å²) in [6.07, 6.45) is -0.833. The zero-order chi connectivity index (χ0) is 47.0. The van der Waals surface area contributed by atoms with Crippen LogP contribution in [-0.4, -0.2) is 56.2 Å². The van der Waals surface area contributed by atoms with E-state index in [4.69, 9.17) is 4.74 Å². The predicted molar refractivity (Wildman–Crippen MR) is 248 cm³/mol. The van der Waals surface area contributed by atoms with Crippen LogP contribution in [0, 0.1) is 0 Å². The lowest BCUT2D eigenvalue weighted by atomic mass is 9.66. The molecule has 0 fully saturated rings. The zero-order valence-electron chi connectivity index (χ0n) is 35.7. The molecule has 1 heterocycles. The fourth-order valence-electron chi connectivity index (χ4n) is 12.5. The van der Waals surface area contributed by atoms with Gasteiger partial charge in [-0.3, -0.25) is 0 Å². The molecule has 8 aromatic rings. The third-order valence-corrected chi connectivity index (χ3v) is 14.8. The molecule has 0 saturated carbocycles. The summed E-state index contributed by atoms with van der Waals surface area (Å²) in [5, 5.41) is 125. The number of hydrogen-bond donors (Lipinski definition) is 11. The average Bonchev–Trinajstić information content (AvgIpc) is 3.77. The zero-order valence-corrected chi connectivity index (χ0v) is 35.7. The predicted octanol–water partition coefficient (Wildman–Crippen LogP) is 10.1. The van der Waals surface area contributed by atoms with E-state index < -0.39 is 47.5 Å². The highest BCUT2D eigenvalue weighted by atomic mass is 16.5. The first-order chi connectivity index (χ1) is 32.7. The topological polar surface area (TPSA) is 232 Å². The molecule has 2 bridgehead atoms. The number of aromatic hydroxyl groups is 11. The maximum atomic E-state index is 12.6. The van der Waals surface area contributed by atoms with E-state index in [2.05, 4.69) is 0 Å². The van der Waals surface area contributed by atoms with Crippen LogP contribution in [0.15, 0.2) is 140 Å². The Kier molecular flexibility index (Phi) is 8.82. The van der Waals surface area contributed by atoms with Crippen molar-refractivity contribution in [3.05, 3.63) is 212 Å². The van der Waals surface area contributed by atoms with Crippen LogP contribution in [0.3, 0.4) is 0 Å². The highest BCUT2D eigenvalue weighted by molar-refractivity contribution is 5.75. The summed E-state index contributed by atoms with van der Waals surface area (Å²) < 4.78 is 6.80. The Morgan fingerprint density at radius 1 is 0.265 bits per heavy atom. The van der Waals surface area contributed by atoms with Crippen LogP contribution in [-0.2, 0) is 0 Å². The number of phenolic OH excluding ortho intramolecular Hbond substituents is 11. The molecule has 68 heavy (non-hydrogen) atoms. The van der Waals surface area contributed by atoms with Crippen LogP contribution in [0.2, 0.25) is 0 Å². The van der Waals surface area contributed by atoms with Crippen molar-refractivity contribution in [2.24, 2.45) is 0 Å². The van der Waals surface area contributed by atoms with Gasteiger partial charge in [-0.1, -0.05) is 42.5 Å². The van der Waals surface area contributed by atoms with Crippen molar-refractivity contribution in [2.75, 3.05) is 0 Å². The monoisotopic (exact) mass is 906 g/mol. The van der Waals surface area contributed by atoms with E-state index in [0.717, 1.165) is 0 Å². The molecule has 3 aliphatic carbocycles. The number of phenols is 11. The summed E-state index contributed by atoms with van der Waals surface area (Å²) in [7, 11) is 0. The summed E-state index contributed by atoms with van der Waals surface area (Å²) in [6, 6.07) is 36.3. The lowest BCUT2D eigenvalue weighted by Crippen LogP contribution is -2.22. The van der Waals surface area contributed by atoms with Crippen molar-refractivity contribution in [2.45, 2.75) is 47.5 Å². The molecule has 12 heteroatoms. The molecule has 0 radical (unpaired) electrons. The third kappa shape index (κ3) is 5.99. The average molecular weight is 907 g/mol. The van der Waals surface area contributed by atoms with Crippen LogP contribution in [0.4, 0.5) is 0 Å². The van der Waals surface area contributed by atoms with Gasteiger partial charge >= 0.3 is 0 Å². The van der Waals surface area contributed by atoms with E-state index in [0.29, 0.717) is 72.3 Å². The summed E-state index contributed by atoms with van der Waals surface area (Å²) in [5.74, 6) is -6.97. The Labute approximate surface area is 388 Å². The van der Waals surface area contributed by atoms with E-state index in [1.807, 2.05) is 6.07 Å². The molecule has 8 atom stereocenters. The molecule has 4 aliphatic rings. The van der Waals surface area contributed by atoms with Crippen molar-refractivity contribution < 1.29 is 60.9 Å². The first kappa shape index (κ1) is 40.8. The number of fused-ring (bicyclic) bond motifs is 5. The van der Waals surface area contributed by atoms with Crippen LogP contribution in [0.1, 0.15) is 120 Å². The fourth-order valence-corrected chi connectivity index (χ4v) is 12.5. The highest BCUT2D eigenvalue weighted by Crippen LogP contribution is 2.72. The van der Waals surface area contributed by atoms with Gasteiger partial charge in [-0.15, -0.1) is 0 Å². The Hall–Kier alpha value is -8.64. The summed E-state index contributed by atoms with van der Waals surface area (Å²) in [4.78, 5) is 0. The normalized spacial score (nSPS) is 22.6. The number of benzene rings is 8. The largest absolute Gasteiger partial charge is 0.508 e. The van der Waals surface area contributed by atoms with Gasteiger partial charge < -0.3 is 60.9 Å². The van der Waals surface area contributed by atoms with E-state index in [1.54, 1.807) is 84.9 Å². The standard InChI is InChI=1S/C56H42O12/c57-28-7-1-24(2-8-28)44-37-18-31(60)13-14-36(37)49-47-38(19-34(63)21-40(47)65)50(44)52-41(66)23-42(67)53-51(45(54(49)55(52)53)25-3-9-29(58)10-4-25)39-20-35(64)22-43-48(39)46(27-15-32(61)17-33(62)16-27)56(68-43)26-5-11-30(59)12-6-26/h1-23,44-46,49-51,54,56-67H/t44-,45+,46+,49-,50-,51+,54-,56-/m1/s1. The lowest BCUT2D eigenvalue weighted by Gasteiger charge is -2.36. The lowest BCUT2D eigenvalue weighted by molar-refractivity contribution is 0.221. The molecule has 0 aromatic heterocycles. The second kappa shape index (κ2) is 14.7. The molecule has 12 rings (SSSR count). The fraction of sp³-hybridized carbons (Fsp3) is 0.143. The molecular formula is C56H42O12. The molecule has 8 aromatic carbocycles. The Bertz CT molecular complexity index is 3360. The van der Waals surface area contributed by atoms with Crippen LogP contribution in [0.5, 0.6) is 69.0 Å². The Balaban J connectivity index is 1.22. The molecular weight excluding hydrogens is 865 g/mol. The second-order valence-corrected chi connectivity index (χ2v) is 18.4. The summed E-state index contributed by atoms with van der Waals surface area (Å²) in [6.45, 7) is 0. The van der Waals surface area contributed by atoms with Crippen molar-refractivity contribution in [3.8, 4) is 69.0 Å². The molecule has 1 aliphatic heterocycles. The minimum Gasteiger partial charge on any atom is -0.508 e. The van der Waals surface area contributed by atoms with Gasteiger partial charge in [0.15, 0.2) is 0 Å². The number of rotatable bonds is 5. The Morgan fingerprint density at radius 3 is 1.38 bits per heavy atom. The third-order valence-electron chi connectivity index (χ3n) is 14.8. The smallest absolute Gasteiger partial charge is 0.135 e. The summed E-state index contributed by atoms with van der Waals surface area (Å²) >= 11 is 0. The molecule has 0 amide bonds. The van der Waals surface area contributed by atoms with Gasteiger partial charge in [0.1, 0.15) is 75.1 Å². The van der Waals surface area contributed by atoms with Crippen molar-refractivity contribution in [1.82, 2.24) is 0 Å². The summed E-state index contributed by atoms with van der Waals surface area (Å²) in [5.41, 5.74) is 7.13. The maximum Gasteiger partial charge on any atom is 0.135 e. The first-order valence-corrected chi connectivity index (χ1v) is 22.1. The van der Waals surface area contributed by atoms with E-state index >= 15 is 0 Å². The van der Waals surface area contributed by atoms with E-state index in [9.17, 15) is 56.2 Å². The number of ether oxygens (including phenoxy) is 1. The van der Waals surface area contributed by atoms with Crippen LogP contribution >= 0.6 is 0 Å². The molecule has 0 unspecified atom stereocenters. The molecule has 12 nitrogen and oxygen atoms in total. The first-order valence-electron chi connectivity index (χ1n) is 22.1. The van der Waals surface area contributed by atoms with Gasteiger partial charge in [0.2, 0.25) is 0 Å². The van der Waals surface area contributed by atoms with Gasteiger partial charge in [-0.2, -0.15) is 0 Å². The van der Waals surface area contributed by atoms with Gasteiger partial charge in [0.05, 0.1) is 5.92 Å². The molecule has 11 N–H and O–H groups in total. The SMILES string of the molecule is Oc1ccc([C@@H]2c3cc(O)ccc3[C@@H]3c4c(O)cc(O)cc4[C@H]2c2c(O)cc(O)c4c2[C@@H]3[C@@H](c2ccc(O)cc2)[C@@H]4c2cc(O)cc3c2[C@H](c2cc(O)cc(O)c2)[C@@H](c2ccc(O)cc2)O3)cc1. The highest BCUT2D eigenvalue weighted by Gasteiger charge is 2.57. The van der Waals surface area contributed by atoms with Gasteiger partial charge in [-0.05, 0) is 123 Å². The van der Waals surface area contributed by atoms with Crippen molar-refractivity contribution in [3.63, 3.8) is 0 Å². The quantitative estimate of drug-likeness (QED) is 0.0775. The van der Waals surface area contributed by atoms with Gasteiger partial charge in [-0.25, -0.2) is 0 Å². The van der Waals surface area contributed by atoms with Crippen LogP contribution < -0.4 is 4.74 Å². The Morgan fingerprint density at radius 2 is 0.750 bits per heavy atom. The van der Waals surface area contributed by atoms with Crippen molar-refractivity contribution in [1.29, 1.82) is 0 Å². The minimum absolute atomic E-state index is 0.0104. The van der Waals surface area contributed by atoms with Gasteiger partial charge in [0, 0.05) is 82.0 Å². The van der Waals surface area contributed by atoms with E-state index in [-0.39, 0.29) is 69.0 Å².